The van der Waals surface area contributed by atoms with Gasteiger partial charge in [-0.05, 0) is 18.1 Å². The zero-order valence-corrected chi connectivity index (χ0v) is 13.1. The van der Waals surface area contributed by atoms with Crippen LogP contribution >= 0.6 is 0 Å². The summed E-state index contributed by atoms with van der Waals surface area (Å²) >= 11 is 0. The van der Waals surface area contributed by atoms with Crippen molar-refractivity contribution in [2.75, 3.05) is 33.0 Å². The number of hydrogen-bond donors (Lipinski definition) is 0. The average molecular weight is 318 g/mol. The van der Waals surface area contributed by atoms with Crippen LogP contribution in [-0.4, -0.2) is 60.9 Å². The first-order valence-electron chi connectivity index (χ1n) is 8.29. The molecule has 1 unspecified atom stereocenters. The number of carbonyl (C=O) groups is 1. The molecule has 6 heteroatoms. The number of fused-ring (bicyclic) bond motifs is 1. The van der Waals surface area contributed by atoms with Gasteiger partial charge in [-0.3, -0.25) is 9.78 Å². The lowest BCUT2D eigenvalue weighted by Gasteiger charge is -2.25. The molecule has 124 valence electrons. The third-order valence-electron chi connectivity index (χ3n) is 5.10. The lowest BCUT2D eigenvalue weighted by Crippen LogP contribution is -2.42. The van der Waals surface area contributed by atoms with Gasteiger partial charge in [-0.15, -0.1) is 0 Å². The number of amides is 1. The van der Waals surface area contributed by atoms with Crippen LogP contribution in [0.4, 0.5) is 0 Å². The fraction of sp³-hybridized carbons (Fsp3) is 0.647. The molecule has 1 aromatic rings. The normalized spacial score (nSPS) is 33.1. The smallest absolute Gasteiger partial charge is 0.228 e. The molecule has 6 nitrogen and oxygen atoms in total. The number of aromatic nitrogens is 1. The van der Waals surface area contributed by atoms with E-state index in [0.717, 1.165) is 12.0 Å². The van der Waals surface area contributed by atoms with Crippen molar-refractivity contribution >= 4 is 5.91 Å². The number of ether oxygens (including phenoxy) is 3. The lowest BCUT2D eigenvalue weighted by molar-refractivity contribution is -0.137. The van der Waals surface area contributed by atoms with Gasteiger partial charge in [-0.2, -0.15) is 0 Å². The predicted molar refractivity (Wildman–Crippen MR) is 81.6 cm³/mol. The molecule has 23 heavy (non-hydrogen) atoms. The number of hydrogen-bond acceptors (Lipinski definition) is 5. The first-order chi connectivity index (χ1) is 11.3. The molecule has 3 saturated heterocycles. The van der Waals surface area contributed by atoms with E-state index in [9.17, 15) is 4.79 Å². The molecule has 0 bridgehead atoms. The first-order valence-corrected chi connectivity index (χ1v) is 8.29. The molecule has 3 fully saturated rings. The Bertz CT molecular complexity index is 547. The second-order valence-corrected chi connectivity index (χ2v) is 6.53. The highest BCUT2D eigenvalue weighted by Crippen LogP contribution is 2.34. The molecule has 0 saturated carbocycles. The van der Waals surface area contributed by atoms with Crippen LogP contribution in [0.1, 0.15) is 12.0 Å². The van der Waals surface area contributed by atoms with Crippen molar-refractivity contribution in [2.24, 2.45) is 11.8 Å². The van der Waals surface area contributed by atoms with E-state index in [2.05, 4.69) is 4.98 Å². The average Bonchev–Trinajstić information content (AvgIpc) is 3.31. The van der Waals surface area contributed by atoms with Crippen molar-refractivity contribution in [3.63, 3.8) is 0 Å². The minimum Gasteiger partial charge on any atom is -0.381 e. The fourth-order valence-corrected chi connectivity index (χ4v) is 3.78. The zero-order valence-electron chi connectivity index (χ0n) is 13.1. The summed E-state index contributed by atoms with van der Waals surface area (Å²) in [5.74, 6) is 0.488. The summed E-state index contributed by atoms with van der Waals surface area (Å²) in [6.07, 6.45) is 4.43. The topological polar surface area (TPSA) is 60.9 Å². The summed E-state index contributed by atoms with van der Waals surface area (Å²) in [7, 11) is 0. The van der Waals surface area contributed by atoms with E-state index < -0.39 is 0 Å². The number of nitrogens with zero attached hydrogens (tertiary/aromatic N) is 2. The van der Waals surface area contributed by atoms with Crippen LogP contribution in [0, 0.1) is 11.8 Å². The Balaban J connectivity index is 1.41. The monoisotopic (exact) mass is 318 g/mol. The van der Waals surface area contributed by atoms with E-state index in [1.807, 2.05) is 23.2 Å². The number of rotatable bonds is 4. The molecule has 0 aromatic carbocycles. The van der Waals surface area contributed by atoms with Crippen molar-refractivity contribution in [1.29, 1.82) is 0 Å². The van der Waals surface area contributed by atoms with Crippen LogP contribution in [0.5, 0.6) is 0 Å². The first kappa shape index (κ1) is 15.1. The van der Waals surface area contributed by atoms with Gasteiger partial charge in [0.05, 0.1) is 44.5 Å². The summed E-state index contributed by atoms with van der Waals surface area (Å²) in [6, 6.07) is 4.07. The van der Waals surface area contributed by atoms with Crippen LogP contribution < -0.4 is 0 Å². The number of likely N-dealkylation sites (tertiary alicyclic amines) is 1. The van der Waals surface area contributed by atoms with Gasteiger partial charge in [0.15, 0.2) is 0 Å². The Kier molecular flexibility index (Phi) is 4.29. The Morgan fingerprint density at radius 1 is 1.35 bits per heavy atom. The molecule has 1 aromatic heterocycles. The highest BCUT2D eigenvalue weighted by atomic mass is 16.5. The van der Waals surface area contributed by atoms with Crippen molar-refractivity contribution in [2.45, 2.75) is 25.2 Å². The predicted octanol–water partition coefficient (Wildman–Crippen LogP) is 0.860. The van der Waals surface area contributed by atoms with Crippen molar-refractivity contribution in [3.8, 4) is 0 Å². The summed E-state index contributed by atoms with van der Waals surface area (Å²) < 4.78 is 17.1. The molecule has 0 radical (unpaired) electrons. The Morgan fingerprint density at radius 2 is 2.30 bits per heavy atom. The molecule has 0 aliphatic carbocycles. The maximum atomic E-state index is 12.7. The maximum absolute atomic E-state index is 12.7. The SMILES string of the molecule is O=C(C1CCOC1)N1C[C@@H](OCc2cccnc2)[C@@H]2COC[C@@H]21. The van der Waals surface area contributed by atoms with Gasteiger partial charge < -0.3 is 19.1 Å². The van der Waals surface area contributed by atoms with Gasteiger partial charge in [0.1, 0.15) is 0 Å². The Labute approximate surface area is 135 Å². The van der Waals surface area contributed by atoms with Gasteiger partial charge in [-0.25, -0.2) is 0 Å². The molecular weight excluding hydrogens is 296 g/mol. The van der Waals surface area contributed by atoms with E-state index in [0.29, 0.717) is 39.6 Å². The van der Waals surface area contributed by atoms with E-state index in [1.165, 1.54) is 0 Å². The molecule has 0 spiro atoms. The third-order valence-corrected chi connectivity index (χ3v) is 5.10. The molecule has 4 rings (SSSR count). The largest absolute Gasteiger partial charge is 0.381 e. The Morgan fingerprint density at radius 3 is 3.09 bits per heavy atom. The van der Waals surface area contributed by atoms with E-state index in [-0.39, 0.29) is 29.9 Å². The molecular formula is C17H22N2O4. The molecule has 3 aliphatic heterocycles. The van der Waals surface area contributed by atoms with Gasteiger partial charge in [0, 0.05) is 31.5 Å². The lowest BCUT2D eigenvalue weighted by atomic mass is 10.0. The van der Waals surface area contributed by atoms with E-state index >= 15 is 0 Å². The van der Waals surface area contributed by atoms with Gasteiger partial charge in [0.2, 0.25) is 5.91 Å². The highest BCUT2D eigenvalue weighted by molar-refractivity contribution is 5.80. The molecule has 1 amide bonds. The minimum absolute atomic E-state index is 0.00771. The van der Waals surface area contributed by atoms with E-state index in [4.69, 9.17) is 14.2 Å². The van der Waals surface area contributed by atoms with Crippen molar-refractivity contribution < 1.29 is 19.0 Å². The number of carbonyl (C=O) groups excluding carboxylic acids is 1. The summed E-state index contributed by atoms with van der Waals surface area (Å²) in [5, 5.41) is 0. The van der Waals surface area contributed by atoms with Gasteiger partial charge >= 0.3 is 0 Å². The summed E-state index contributed by atoms with van der Waals surface area (Å²) in [6.45, 7) is 3.72. The second-order valence-electron chi connectivity index (χ2n) is 6.53. The van der Waals surface area contributed by atoms with E-state index in [1.54, 1.807) is 6.20 Å². The van der Waals surface area contributed by atoms with Crippen LogP contribution in [0.2, 0.25) is 0 Å². The Hall–Kier alpha value is -1.50. The summed E-state index contributed by atoms with van der Waals surface area (Å²) in [4.78, 5) is 18.8. The van der Waals surface area contributed by atoms with Crippen LogP contribution in [0.3, 0.4) is 0 Å². The molecule has 0 N–H and O–H groups in total. The molecule has 4 heterocycles. The van der Waals surface area contributed by atoms with Crippen LogP contribution in [-0.2, 0) is 25.6 Å². The third kappa shape index (κ3) is 2.98. The van der Waals surface area contributed by atoms with Crippen molar-refractivity contribution in [3.05, 3.63) is 30.1 Å². The fourth-order valence-electron chi connectivity index (χ4n) is 3.78. The summed E-state index contributed by atoms with van der Waals surface area (Å²) in [5.41, 5.74) is 1.05. The van der Waals surface area contributed by atoms with Crippen LogP contribution in [0.15, 0.2) is 24.5 Å². The van der Waals surface area contributed by atoms with Crippen molar-refractivity contribution in [1.82, 2.24) is 9.88 Å². The minimum atomic E-state index is 0.00771. The standard InChI is InChI=1S/C17H22N2O4/c20-17(13-3-5-21-9-13)19-7-16(14-10-22-11-15(14)19)23-8-12-2-1-4-18-6-12/h1-2,4,6,13-16H,3,5,7-11H2/t13?,14-,15+,16-/m1/s1. The molecule has 3 aliphatic rings. The number of pyridine rings is 1. The maximum Gasteiger partial charge on any atom is 0.228 e. The highest BCUT2D eigenvalue weighted by Gasteiger charge is 2.49. The van der Waals surface area contributed by atoms with Gasteiger partial charge in [-0.1, -0.05) is 6.07 Å². The second kappa shape index (κ2) is 6.55. The van der Waals surface area contributed by atoms with Crippen LogP contribution in [0.25, 0.3) is 0 Å². The zero-order chi connectivity index (χ0) is 15.6. The molecule has 4 atom stereocenters. The quantitative estimate of drug-likeness (QED) is 0.824. The van der Waals surface area contributed by atoms with Gasteiger partial charge in [0.25, 0.3) is 0 Å².